The van der Waals surface area contributed by atoms with Gasteiger partial charge in [-0.3, -0.25) is 14.4 Å². The molecule has 0 aromatic rings. The van der Waals surface area contributed by atoms with Gasteiger partial charge in [0, 0.05) is 22.7 Å². The Balaban J connectivity index is -0.000000142. The van der Waals surface area contributed by atoms with Crippen LogP contribution in [0.2, 0.25) is 0 Å². The molecule has 0 unspecified atom stereocenters. The Morgan fingerprint density at radius 2 is 0.929 bits per heavy atom. The van der Waals surface area contributed by atoms with Crippen molar-refractivity contribution in [1.82, 2.24) is 0 Å². The van der Waals surface area contributed by atoms with E-state index in [2.05, 4.69) is 37.9 Å². The van der Waals surface area contributed by atoms with E-state index in [0.29, 0.717) is 23.7 Å². The molecular weight excluding hydrogens is 432 g/mol. The summed E-state index contributed by atoms with van der Waals surface area (Å²) in [6.45, 7) is 1.52. The number of thiol groups is 3. The lowest BCUT2D eigenvalue weighted by molar-refractivity contribution is -0.137. The second kappa shape index (κ2) is 26.3. The molecule has 0 rings (SSSR count). The fourth-order valence-electron chi connectivity index (χ4n) is 1.20. The first-order valence-corrected chi connectivity index (χ1v) is 10.3. The molecule has 0 aromatic carbocycles. The Labute approximate surface area is 182 Å². The van der Waals surface area contributed by atoms with Crippen LogP contribution in [0.4, 0.5) is 0 Å². The van der Waals surface area contributed by atoms with Crippen LogP contribution in [0, 0.1) is 5.41 Å². The number of carboxylic acids is 3. The summed E-state index contributed by atoms with van der Waals surface area (Å²) >= 11 is 11.0. The summed E-state index contributed by atoms with van der Waals surface area (Å²) in [6.07, 6.45) is 1.99. The van der Waals surface area contributed by atoms with Gasteiger partial charge in [0.05, 0.1) is 39.1 Å². The minimum absolute atomic E-state index is 0.145. The summed E-state index contributed by atoms with van der Waals surface area (Å²) in [5.74, 6) is -1.08. The van der Waals surface area contributed by atoms with Crippen molar-refractivity contribution in [3.05, 3.63) is 0 Å². The average molecular weight is 467 g/mol. The number of carbonyl (C=O) groups is 3. The van der Waals surface area contributed by atoms with Gasteiger partial charge in [0.25, 0.3) is 0 Å². The van der Waals surface area contributed by atoms with Crippen molar-refractivity contribution in [1.29, 1.82) is 0 Å². The van der Waals surface area contributed by atoms with Crippen molar-refractivity contribution in [3.63, 3.8) is 0 Å². The average Bonchev–Trinajstić information content (AvgIpc) is 2.61. The van der Waals surface area contributed by atoms with E-state index in [9.17, 15) is 14.4 Å². The summed E-state index contributed by atoms with van der Waals surface area (Å²) < 4.78 is 0. The van der Waals surface area contributed by atoms with E-state index >= 15 is 0 Å². The molecule has 0 aliphatic carbocycles. The van der Waals surface area contributed by atoms with Gasteiger partial charge >= 0.3 is 17.9 Å². The zero-order valence-electron chi connectivity index (χ0n) is 16.0. The number of aliphatic hydroxyl groups is 3. The van der Waals surface area contributed by atoms with Crippen molar-refractivity contribution in [2.75, 3.05) is 37.1 Å². The van der Waals surface area contributed by atoms with E-state index in [-0.39, 0.29) is 39.1 Å². The fourth-order valence-corrected chi connectivity index (χ4v) is 1.78. The Kier molecular flexibility index (Phi) is 32.8. The highest BCUT2D eigenvalue weighted by molar-refractivity contribution is 7.80. The van der Waals surface area contributed by atoms with Gasteiger partial charge in [0.1, 0.15) is 0 Å². The summed E-state index contributed by atoms with van der Waals surface area (Å²) in [5, 5.41) is 50.0. The normalized spacial score (nSPS) is 9.54. The van der Waals surface area contributed by atoms with Crippen molar-refractivity contribution < 1.29 is 45.0 Å². The molecule has 0 aliphatic heterocycles. The molecule has 6 N–H and O–H groups in total. The van der Waals surface area contributed by atoms with Gasteiger partial charge in [-0.2, -0.15) is 37.9 Å². The third kappa shape index (κ3) is 33.0. The van der Waals surface area contributed by atoms with Gasteiger partial charge in [-0.1, -0.05) is 13.3 Å². The predicted molar refractivity (Wildman–Crippen MR) is 117 cm³/mol. The summed E-state index contributed by atoms with van der Waals surface area (Å²) in [7, 11) is 0. The van der Waals surface area contributed by atoms with Crippen molar-refractivity contribution >= 4 is 55.8 Å². The number of hydrogen-bond acceptors (Lipinski definition) is 9. The molecule has 0 radical (unpaired) electrons. The Morgan fingerprint density at radius 1 is 0.679 bits per heavy atom. The van der Waals surface area contributed by atoms with Crippen LogP contribution < -0.4 is 0 Å². The molecular formula is C16H34O9S3. The highest BCUT2D eigenvalue weighted by atomic mass is 32.1. The standard InChI is InChI=1S/C7H16O3.3C3H6O2S/c1-2-3-7(4-8,5-9)6-10;3*4-3(5)1-2-6/h8-10H,2-6H2,1H3;3*6H,1-2H2,(H,4,5). The van der Waals surface area contributed by atoms with E-state index in [4.69, 9.17) is 30.6 Å². The van der Waals surface area contributed by atoms with Gasteiger partial charge in [0.2, 0.25) is 0 Å². The molecule has 0 heterocycles. The monoisotopic (exact) mass is 466 g/mol. The fraction of sp³-hybridized carbons (Fsp3) is 0.812. The molecule has 0 atom stereocenters. The maximum absolute atomic E-state index is 9.55. The van der Waals surface area contributed by atoms with E-state index in [0.717, 1.165) is 6.42 Å². The Bertz CT molecular complexity index is 332. The molecule has 0 aliphatic rings. The molecule has 0 bridgehead atoms. The molecule has 0 fully saturated rings. The maximum Gasteiger partial charge on any atom is 0.304 e. The van der Waals surface area contributed by atoms with Crippen LogP contribution in [-0.4, -0.2) is 85.6 Å². The summed E-state index contributed by atoms with van der Waals surface area (Å²) in [5.41, 5.74) is -0.658. The highest BCUT2D eigenvalue weighted by Gasteiger charge is 2.26. The van der Waals surface area contributed by atoms with E-state index < -0.39 is 23.3 Å². The number of hydrogen-bond donors (Lipinski definition) is 9. The first-order valence-electron chi connectivity index (χ1n) is 8.36. The van der Waals surface area contributed by atoms with Crippen LogP contribution in [0.1, 0.15) is 39.0 Å². The van der Waals surface area contributed by atoms with E-state index in [1.165, 1.54) is 0 Å². The second-order valence-electron chi connectivity index (χ2n) is 5.33. The lowest BCUT2D eigenvalue weighted by Crippen LogP contribution is -2.33. The zero-order valence-corrected chi connectivity index (χ0v) is 18.7. The van der Waals surface area contributed by atoms with Crippen LogP contribution in [-0.2, 0) is 14.4 Å². The number of aliphatic carboxylic acids is 3. The number of rotatable bonds is 11. The van der Waals surface area contributed by atoms with Crippen LogP contribution in [0.5, 0.6) is 0 Å². The van der Waals surface area contributed by atoms with Gasteiger partial charge in [-0.25, -0.2) is 0 Å². The smallest absolute Gasteiger partial charge is 0.304 e. The molecule has 0 amide bonds. The SMILES string of the molecule is CCCC(CO)(CO)CO.O=C(O)CCS.O=C(O)CCS.O=C(O)CCS. The second-order valence-corrected chi connectivity index (χ2v) is 6.67. The first-order chi connectivity index (χ1) is 13.1. The first kappa shape index (κ1) is 34.8. The van der Waals surface area contributed by atoms with Crippen LogP contribution in [0.3, 0.4) is 0 Å². The minimum atomic E-state index is -0.787. The van der Waals surface area contributed by atoms with E-state index in [1.807, 2.05) is 6.92 Å². The Hall–Kier alpha value is -0.660. The zero-order chi connectivity index (χ0) is 23.0. The van der Waals surface area contributed by atoms with Crippen LogP contribution in [0.15, 0.2) is 0 Å². The molecule has 0 saturated heterocycles. The van der Waals surface area contributed by atoms with Gasteiger partial charge in [-0.05, 0) is 6.42 Å². The maximum atomic E-state index is 9.55. The molecule has 0 aromatic heterocycles. The highest BCUT2D eigenvalue weighted by Crippen LogP contribution is 2.21. The third-order valence-electron chi connectivity index (χ3n) is 2.76. The summed E-state index contributed by atoms with van der Waals surface area (Å²) in [4.78, 5) is 28.7. The molecule has 0 saturated carbocycles. The Morgan fingerprint density at radius 3 is 0.964 bits per heavy atom. The van der Waals surface area contributed by atoms with Crippen molar-refractivity contribution in [2.24, 2.45) is 5.41 Å². The van der Waals surface area contributed by atoms with E-state index in [1.54, 1.807) is 0 Å². The lowest BCUT2D eigenvalue weighted by Gasteiger charge is -2.26. The van der Waals surface area contributed by atoms with Gasteiger partial charge in [0.15, 0.2) is 0 Å². The van der Waals surface area contributed by atoms with Crippen LogP contribution >= 0.6 is 37.9 Å². The van der Waals surface area contributed by atoms with Gasteiger partial charge < -0.3 is 30.6 Å². The lowest BCUT2D eigenvalue weighted by atomic mass is 9.86. The molecule has 0 spiro atoms. The molecule has 9 nitrogen and oxygen atoms in total. The number of carboxylic acid groups (broad SMARTS) is 3. The minimum Gasteiger partial charge on any atom is -0.481 e. The van der Waals surface area contributed by atoms with Gasteiger partial charge in [-0.15, -0.1) is 0 Å². The molecule has 28 heavy (non-hydrogen) atoms. The molecule has 170 valence electrons. The largest absolute Gasteiger partial charge is 0.481 e. The quantitative estimate of drug-likeness (QED) is 0.201. The third-order valence-corrected chi connectivity index (χ3v) is 3.43. The van der Waals surface area contributed by atoms with Crippen LogP contribution in [0.25, 0.3) is 0 Å². The summed E-state index contributed by atoms with van der Waals surface area (Å²) in [6, 6.07) is 0. The molecule has 12 heteroatoms. The predicted octanol–water partition coefficient (Wildman–Crippen LogP) is 0.922. The van der Waals surface area contributed by atoms with Crippen molar-refractivity contribution in [3.8, 4) is 0 Å². The number of aliphatic hydroxyl groups excluding tert-OH is 3. The van der Waals surface area contributed by atoms with Crippen molar-refractivity contribution in [2.45, 2.75) is 39.0 Å². The topological polar surface area (TPSA) is 173 Å².